The van der Waals surface area contributed by atoms with Crippen LogP contribution in [-0.4, -0.2) is 30.9 Å². The molecule has 6 nitrogen and oxygen atoms in total. The smallest absolute Gasteiger partial charge is 0.331 e. The highest BCUT2D eigenvalue weighted by molar-refractivity contribution is 5.97. The fourth-order valence-corrected chi connectivity index (χ4v) is 2.25. The number of nitrogens with zero attached hydrogens (tertiary/aromatic N) is 1. The van der Waals surface area contributed by atoms with Gasteiger partial charge in [-0.2, -0.15) is 0 Å². The van der Waals surface area contributed by atoms with E-state index in [9.17, 15) is 18.8 Å². The van der Waals surface area contributed by atoms with Crippen LogP contribution >= 0.6 is 0 Å². The van der Waals surface area contributed by atoms with E-state index in [1.165, 1.54) is 29.2 Å². The lowest BCUT2D eigenvalue weighted by atomic mass is 10.2. The summed E-state index contributed by atoms with van der Waals surface area (Å²) >= 11 is 0. The Morgan fingerprint density at radius 2 is 1.70 bits per heavy atom. The van der Waals surface area contributed by atoms with Gasteiger partial charge in [0.2, 0.25) is 5.91 Å². The lowest BCUT2D eigenvalue weighted by Gasteiger charge is -2.22. The van der Waals surface area contributed by atoms with E-state index >= 15 is 0 Å². The van der Waals surface area contributed by atoms with Crippen molar-refractivity contribution >= 4 is 29.5 Å². The van der Waals surface area contributed by atoms with Gasteiger partial charge in [0, 0.05) is 30.3 Å². The van der Waals surface area contributed by atoms with Crippen LogP contribution in [0.15, 0.2) is 60.7 Å². The fourth-order valence-electron chi connectivity index (χ4n) is 2.25. The first-order chi connectivity index (χ1) is 13.0. The van der Waals surface area contributed by atoms with Gasteiger partial charge < -0.3 is 15.4 Å². The largest absolute Gasteiger partial charge is 0.452 e. The number of nitrogens with two attached hydrogens (primary N) is 1. The summed E-state index contributed by atoms with van der Waals surface area (Å²) in [6.07, 6.45) is 2.29. The van der Waals surface area contributed by atoms with Crippen LogP contribution in [0.1, 0.15) is 12.0 Å². The van der Waals surface area contributed by atoms with Gasteiger partial charge in [-0.05, 0) is 24.3 Å². The number of rotatable bonds is 8. The predicted molar refractivity (Wildman–Crippen MR) is 99.0 cm³/mol. The lowest BCUT2D eigenvalue weighted by Crippen LogP contribution is -2.37. The minimum absolute atomic E-state index is 0.0260. The molecule has 0 fully saturated rings. The molecule has 0 bridgehead atoms. The number of hydrogen-bond donors (Lipinski definition) is 1. The normalized spacial score (nSPS) is 10.6. The van der Waals surface area contributed by atoms with E-state index in [4.69, 9.17) is 10.5 Å². The first kappa shape index (κ1) is 19.8. The molecule has 7 heteroatoms. The molecule has 0 unspecified atom stereocenters. The Morgan fingerprint density at radius 1 is 1.04 bits per heavy atom. The molecule has 0 aliphatic rings. The second kappa shape index (κ2) is 9.86. The maximum Gasteiger partial charge on any atom is 0.331 e. The van der Waals surface area contributed by atoms with Crippen molar-refractivity contribution in [3.05, 3.63) is 72.1 Å². The molecule has 2 N–H and O–H groups in total. The summed E-state index contributed by atoms with van der Waals surface area (Å²) in [4.78, 5) is 36.5. The van der Waals surface area contributed by atoms with E-state index in [0.717, 1.165) is 6.08 Å². The molecule has 2 amide bonds. The summed E-state index contributed by atoms with van der Waals surface area (Å²) in [6.45, 7) is -0.450. The standard InChI is InChI=1S/C20H19FN2O4/c21-17-9-5-4-6-15(17)10-11-20(26)27-14-19(25)23(13-12-18(22)24)16-7-2-1-3-8-16/h1-11H,12-14H2,(H2,22,24)/b11-10+. The van der Waals surface area contributed by atoms with Crippen molar-refractivity contribution in [2.45, 2.75) is 6.42 Å². The third-order valence-electron chi connectivity index (χ3n) is 3.59. The number of para-hydroxylation sites is 1. The molecule has 27 heavy (non-hydrogen) atoms. The minimum Gasteiger partial charge on any atom is -0.452 e. The van der Waals surface area contributed by atoms with Crippen LogP contribution in [0.3, 0.4) is 0 Å². The molecule has 2 aromatic rings. The summed E-state index contributed by atoms with van der Waals surface area (Å²) < 4.78 is 18.4. The zero-order valence-corrected chi connectivity index (χ0v) is 14.5. The van der Waals surface area contributed by atoms with Crippen LogP contribution in [0, 0.1) is 5.82 Å². The van der Waals surface area contributed by atoms with E-state index < -0.39 is 30.2 Å². The summed E-state index contributed by atoms with van der Waals surface area (Å²) in [7, 11) is 0. The fraction of sp³-hybridized carbons (Fsp3) is 0.150. The summed E-state index contributed by atoms with van der Waals surface area (Å²) in [5, 5.41) is 0. The van der Waals surface area contributed by atoms with Crippen LogP contribution in [0.5, 0.6) is 0 Å². The van der Waals surface area contributed by atoms with Crippen molar-refractivity contribution in [1.29, 1.82) is 0 Å². The molecule has 140 valence electrons. The van der Waals surface area contributed by atoms with E-state index in [-0.39, 0.29) is 18.5 Å². The third-order valence-corrected chi connectivity index (χ3v) is 3.59. The number of ether oxygens (including phenoxy) is 1. The minimum atomic E-state index is -0.783. The van der Waals surface area contributed by atoms with Crippen molar-refractivity contribution in [1.82, 2.24) is 0 Å². The maximum atomic E-state index is 13.5. The highest BCUT2D eigenvalue weighted by Gasteiger charge is 2.17. The zero-order chi connectivity index (χ0) is 19.6. The monoisotopic (exact) mass is 370 g/mol. The van der Waals surface area contributed by atoms with Crippen molar-refractivity contribution in [3.63, 3.8) is 0 Å². The van der Waals surface area contributed by atoms with Gasteiger partial charge >= 0.3 is 5.97 Å². The van der Waals surface area contributed by atoms with Crippen molar-refractivity contribution in [2.24, 2.45) is 5.73 Å². The van der Waals surface area contributed by atoms with Crippen LogP contribution in [0.4, 0.5) is 10.1 Å². The highest BCUT2D eigenvalue weighted by atomic mass is 19.1. The Hall–Kier alpha value is -3.48. The molecular weight excluding hydrogens is 351 g/mol. The van der Waals surface area contributed by atoms with Gasteiger partial charge in [-0.3, -0.25) is 9.59 Å². The first-order valence-electron chi connectivity index (χ1n) is 8.20. The number of carbonyl (C=O) groups excluding carboxylic acids is 3. The highest BCUT2D eigenvalue weighted by Crippen LogP contribution is 2.14. The maximum absolute atomic E-state index is 13.5. The topological polar surface area (TPSA) is 89.7 Å². The average molecular weight is 370 g/mol. The Labute approximate surface area is 156 Å². The average Bonchev–Trinajstić information content (AvgIpc) is 2.66. The summed E-state index contributed by atoms with van der Waals surface area (Å²) in [5.41, 5.74) is 5.93. The summed E-state index contributed by atoms with van der Waals surface area (Å²) in [6, 6.07) is 14.6. The summed E-state index contributed by atoms with van der Waals surface area (Å²) in [5.74, 6) is -2.31. The Kier molecular flexibility index (Phi) is 7.25. The number of carbonyl (C=O) groups is 3. The Morgan fingerprint density at radius 3 is 2.37 bits per heavy atom. The van der Waals surface area contributed by atoms with E-state index in [1.807, 2.05) is 0 Å². The molecule has 0 heterocycles. The van der Waals surface area contributed by atoms with Crippen molar-refractivity contribution in [2.75, 3.05) is 18.1 Å². The molecule has 0 aliphatic heterocycles. The number of hydrogen-bond acceptors (Lipinski definition) is 4. The number of benzene rings is 2. The van der Waals surface area contributed by atoms with Crippen LogP contribution in [-0.2, 0) is 19.1 Å². The molecule has 0 saturated carbocycles. The molecule has 0 spiro atoms. The molecule has 0 saturated heterocycles. The molecule has 2 aromatic carbocycles. The van der Waals surface area contributed by atoms with E-state index in [1.54, 1.807) is 36.4 Å². The quantitative estimate of drug-likeness (QED) is 0.570. The lowest BCUT2D eigenvalue weighted by molar-refractivity contribution is -0.143. The van der Waals surface area contributed by atoms with Gasteiger partial charge in [0.25, 0.3) is 5.91 Å². The molecule has 0 aromatic heterocycles. The number of esters is 1. The molecule has 0 radical (unpaired) electrons. The van der Waals surface area contributed by atoms with Gasteiger partial charge in [-0.25, -0.2) is 9.18 Å². The van der Waals surface area contributed by atoms with E-state index in [2.05, 4.69) is 0 Å². The molecule has 2 rings (SSSR count). The first-order valence-corrected chi connectivity index (χ1v) is 8.20. The van der Waals surface area contributed by atoms with Gasteiger partial charge in [0.15, 0.2) is 6.61 Å². The van der Waals surface area contributed by atoms with Crippen LogP contribution < -0.4 is 10.6 Å². The third kappa shape index (κ3) is 6.39. The van der Waals surface area contributed by atoms with Crippen molar-refractivity contribution < 1.29 is 23.5 Å². The number of halogens is 1. The second-order valence-corrected chi connectivity index (χ2v) is 5.56. The van der Waals surface area contributed by atoms with Gasteiger partial charge in [0.05, 0.1) is 0 Å². The van der Waals surface area contributed by atoms with E-state index in [0.29, 0.717) is 5.69 Å². The molecule has 0 aliphatic carbocycles. The second-order valence-electron chi connectivity index (χ2n) is 5.56. The SMILES string of the molecule is NC(=O)CCN(C(=O)COC(=O)/C=C/c1ccccc1F)c1ccccc1. The van der Waals surface area contributed by atoms with Gasteiger partial charge in [-0.1, -0.05) is 36.4 Å². The zero-order valence-electron chi connectivity index (χ0n) is 14.5. The molecular formula is C20H19FN2O4. The Balaban J connectivity index is 1.97. The van der Waals surface area contributed by atoms with Gasteiger partial charge in [-0.15, -0.1) is 0 Å². The Bertz CT molecular complexity index is 837. The van der Waals surface area contributed by atoms with Gasteiger partial charge in [0.1, 0.15) is 5.82 Å². The van der Waals surface area contributed by atoms with Crippen LogP contribution in [0.2, 0.25) is 0 Å². The number of primary amides is 1. The van der Waals surface area contributed by atoms with Crippen LogP contribution in [0.25, 0.3) is 6.08 Å². The number of anilines is 1. The number of amides is 2. The van der Waals surface area contributed by atoms with Crippen molar-refractivity contribution in [3.8, 4) is 0 Å². The molecule has 0 atom stereocenters. The predicted octanol–water partition coefficient (Wildman–Crippen LogP) is 2.29.